The first-order valence-corrected chi connectivity index (χ1v) is 6.49. The lowest BCUT2D eigenvalue weighted by atomic mass is 10.1. The number of aliphatic hydroxyl groups is 1. The number of hydrogen-bond acceptors (Lipinski definition) is 4. The van der Waals surface area contributed by atoms with Crippen molar-refractivity contribution in [3.63, 3.8) is 0 Å². The van der Waals surface area contributed by atoms with Crippen molar-refractivity contribution in [3.05, 3.63) is 29.3 Å². The van der Waals surface area contributed by atoms with E-state index in [0.29, 0.717) is 13.2 Å². The second-order valence-electron chi connectivity index (χ2n) is 4.49. The van der Waals surface area contributed by atoms with Crippen LogP contribution in [0.2, 0.25) is 0 Å². The molecule has 0 aromatic heterocycles. The van der Waals surface area contributed by atoms with E-state index in [1.807, 2.05) is 0 Å². The van der Waals surface area contributed by atoms with Crippen LogP contribution in [0.4, 0.5) is 10.5 Å². The number of carbonyl (C=O) groups excluding carboxylic acids is 1. The summed E-state index contributed by atoms with van der Waals surface area (Å²) in [6.45, 7) is 2.36. The molecule has 7 nitrogen and oxygen atoms in total. The minimum Gasteiger partial charge on any atom is -0.478 e. The molecular formula is C14H20N2O5. The number of aryl methyl sites for hydroxylation is 1. The average molecular weight is 296 g/mol. The van der Waals surface area contributed by atoms with Gasteiger partial charge in [-0.15, -0.1) is 0 Å². The van der Waals surface area contributed by atoms with Gasteiger partial charge >= 0.3 is 12.0 Å². The number of amides is 2. The number of carbonyl (C=O) groups is 2. The number of nitrogens with zero attached hydrogens (tertiary/aromatic N) is 1. The lowest BCUT2D eigenvalue weighted by Gasteiger charge is -2.22. The van der Waals surface area contributed by atoms with Gasteiger partial charge in [0.2, 0.25) is 0 Å². The zero-order valence-electron chi connectivity index (χ0n) is 12.1. The third-order valence-electron chi connectivity index (χ3n) is 2.87. The molecule has 1 rings (SSSR count). The van der Waals surface area contributed by atoms with Gasteiger partial charge in [-0.1, -0.05) is 11.6 Å². The van der Waals surface area contributed by atoms with Crippen LogP contribution in [0.5, 0.6) is 0 Å². The Kier molecular flexibility index (Phi) is 6.64. The minimum atomic E-state index is -1.11. The van der Waals surface area contributed by atoms with Gasteiger partial charge in [0, 0.05) is 20.2 Å². The van der Waals surface area contributed by atoms with Crippen molar-refractivity contribution in [2.75, 3.05) is 38.7 Å². The Labute approximate surface area is 123 Å². The monoisotopic (exact) mass is 296 g/mol. The molecule has 116 valence electrons. The number of anilines is 1. The Morgan fingerprint density at radius 2 is 2.05 bits per heavy atom. The topological polar surface area (TPSA) is 99.1 Å². The first kappa shape index (κ1) is 16.9. The highest BCUT2D eigenvalue weighted by Crippen LogP contribution is 2.18. The number of rotatable bonds is 7. The van der Waals surface area contributed by atoms with Crippen molar-refractivity contribution in [1.29, 1.82) is 0 Å². The van der Waals surface area contributed by atoms with E-state index in [9.17, 15) is 9.59 Å². The van der Waals surface area contributed by atoms with Crippen LogP contribution in [0.1, 0.15) is 15.9 Å². The maximum absolute atomic E-state index is 12.1. The molecule has 0 spiro atoms. The van der Waals surface area contributed by atoms with Crippen molar-refractivity contribution in [3.8, 4) is 0 Å². The number of nitrogens with one attached hydrogen (secondary N) is 1. The van der Waals surface area contributed by atoms with Crippen molar-refractivity contribution in [2.24, 2.45) is 0 Å². The fraction of sp³-hybridized carbons (Fsp3) is 0.429. The van der Waals surface area contributed by atoms with Gasteiger partial charge in [0.15, 0.2) is 0 Å². The van der Waals surface area contributed by atoms with Crippen molar-refractivity contribution >= 4 is 17.7 Å². The molecule has 1 aromatic carbocycles. The average Bonchev–Trinajstić information content (AvgIpc) is 2.45. The van der Waals surface area contributed by atoms with Gasteiger partial charge in [0.25, 0.3) is 0 Å². The number of carboxylic acids is 1. The highest BCUT2D eigenvalue weighted by molar-refractivity contribution is 6.00. The van der Waals surface area contributed by atoms with Gasteiger partial charge in [-0.2, -0.15) is 0 Å². The molecule has 2 amide bonds. The van der Waals surface area contributed by atoms with Crippen LogP contribution in [0.15, 0.2) is 18.2 Å². The maximum Gasteiger partial charge on any atom is 0.337 e. The highest BCUT2D eigenvalue weighted by atomic mass is 16.5. The number of methoxy groups -OCH3 is 1. The molecule has 0 heterocycles. The quantitative estimate of drug-likeness (QED) is 0.701. The second kappa shape index (κ2) is 8.23. The van der Waals surface area contributed by atoms with Crippen molar-refractivity contribution in [2.45, 2.75) is 6.92 Å². The van der Waals surface area contributed by atoms with E-state index in [1.165, 1.54) is 18.1 Å². The number of hydrogen-bond donors (Lipinski definition) is 3. The van der Waals surface area contributed by atoms with Crippen LogP contribution >= 0.6 is 0 Å². The smallest absolute Gasteiger partial charge is 0.337 e. The normalized spacial score (nSPS) is 10.2. The summed E-state index contributed by atoms with van der Waals surface area (Å²) in [6, 6.07) is 4.27. The zero-order chi connectivity index (χ0) is 15.8. The van der Waals surface area contributed by atoms with Crippen LogP contribution in [0, 0.1) is 6.92 Å². The summed E-state index contributed by atoms with van der Waals surface area (Å²) < 4.78 is 4.90. The van der Waals surface area contributed by atoms with E-state index in [2.05, 4.69) is 5.32 Å². The number of aliphatic hydroxyl groups excluding tert-OH is 1. The number of benzene rings is 1. The fourth-order valence-corrected chi connectivity index (χ4v) is 1.78. The van der Waals surface area contributed by atoms with Gasteiger partial charge in [0.1, 0.15) is 0 Å². The lowest BCUT2D eigenvalue weighted by Crippen LogP contribution is -2.39. The Morgan fingerprint density at radius 1 is 1.33 bits per heavy atom. The molecule has 1 aromatic rings. The van der Waals surface area contributed by atoms with Gasteiger partial charge < -0.3 is 25.2 Å². The summed E-state index contributed by atoms with van der Waals surface area (Å²) >= 11 is 0. The summed E-state index contributed by atoms with van der Waals surface area (Å²) in [5, 5.41) is 20.7. The fourth-order valence-electron chi connectivity index (χ4n) is 1.78. The molecule has 0 unspecified atom stereocenters. The highest BCUT2D eigenvalue weighted by Gasteiger charge is 2.17. The standard InChI is InChI=1S/C14H20N2O5/c1-10-3-4-12(11(9-10)13(18)19)15-14(20)16(5-7-17)6-8-21-2/h3-4,9,17H,5-8H2,1-2H3,(H,15,20)(H,18,19). The molecule has 0 atom stereocenters. The second-order valence-corrected chi connectivity index (χ2v) is 4.49. The summed E-state index contributed by atoms with van der Waals surface area (Å²) in [7, 11) is 1.51. The number of aromatic carboxylic acids is 1. The van der Waals surface area contributed by atoms with Crippen LogP contribution in [0.3, 0.4) is 0 Å². The first-order chi connectivity index (χ1) is 9.99. The molecule has 0 saturated heterocycles. The van der Waals surface area contributed by atoms with E-state index >= 15 is 0 Å². The number of carboxylic acid groups (broad SMARTS) is 1. The number of ether oxygens (including phenoxy) is 1. The largest absolute Gasteiger partial charge is 0.478 e. The predicted octanol–water partition coefficient (Wildman–Crippen LogP) is 1.17. The van der Waals surface area contributed by atoms with Crippen LogP contribution in [-0.4, -0.2) is 60.5 Å². The predicted molar refractivity (Wildman–Crippen MR) is 77.7 cm³/mol. The van der Waals surface area contributed by atoms with Gasteiger partial charge in [-0.25, -0.2) is 9.59 Å². The van der Waals surface area contributed by atoms with Crippen molar-refractivity contribution < 1.29 is 24.5 Å². The van der Waals surface area contributed by atoms with Crippen LogP contribution in [0.25, 0.3) is 0 Å². The molecule has 0 saturated carbocycles. The molecule has 0 radical (unpaired) electrons. The summed E-state index contributed by atoms with van der Waals surface area (Å²) in [5.41, 5.74) is 1.04. The Bertz CT molecular complexity index is 504. The third kappa shape index (κ3) is 5.05. The summed E-state index contributed by atoms with van der Waals surface area (Å²) in [4.78, 5) is 24.7. The molecule has 0 bridgehead atoms. The Morgan fingerprint density at radius 3 is 2.62 bits per heavy atom. The first-order valence-electron chi connectivity index (χ1n) is 6.49. The maximum atomic E-state index is 12.1. The van der Waals surface area contributed by atoms with Gasteiger partial charge in [-0.3, -0.25) is 0 Å². The molecule has 0 aliphatic rings. The van der Waals surface area contributed by atoms with Crippen LogP contribution in [-0.2, 0) is 4.74 Å². The molecule has 0 aliphatic carbocycles. The van der Waals surface area contributed by atoms with E-state index in [0.717, 1.165) is 5.56 Å². The van der Waals surface area contributed by atoms with Crippen molar-refractivity contribution in [1.82, 2.24) is 4.90 Å². The molecule has 7 heteroatoms. The van der Waals surface area contributed by atoms with E-state index in [4.69, 9.17) is 14.9 Å². The summed E-state index contributed by atoms with van der Waals surface area (Å²) in [5.74, 6) is -1.11. The van der Waals surface area contributed by atoms with E-state index < -0.39 is 12.0 Å². The van der Waals surface area contributed by atoms with Gasteiger partial charge in [-0.05, 0) is 19.1 Å². The molecule has 3 N–H and O–H groups in total. The molecule has 0 aliphatic heterocycles. The van der Waals surface area contributed by atoms with E-state index in [-0.39, 0.29) is 24.4 Å². The SMILES string of the molecule is COCCN(CCO)C(=O)Nc1ccc(C)cc1C(=O)O. The molecular weight excluding hydrogens is 276 g/mol. The molecule has 0 fully saturated rings. The summed E-state index contributed by atoms with van der Waals surface area (Å²) in [6.07, 6.45) is 0. The zero-order valence-corrected chi connectivity index (χ0v) is 12.1. The van der Waals surface area contributed by atoms with Crippen LogP contribution < -0.4 is 5.32 Å². The third-order valence-corrected chi connectivity index (χ3v) is 2.87. The molecule has 21 heavy (non-hydrogen) atoms. The van der Waals surface area contributed by atoms with Gasteiger partial charge in [0.05, 0.1) is 24.5 Å². The Balaban J connectivity index is 2.87. The lowest BCUT2D eigenvalue weighted by molar-refractivity contribution is 0.0698. The Hall–Kier alpha value is -2.12. The van der Waals surface area contributed by atoms with E-state index in [1.54, 1.807) is 19.1 Å². The number of urea groups is 1. The minimum absolute atomic E-state index is 0.0269.